The third-order valence-electron chi connectivity index (χ3n) is 7.24. The zero-order valence-electron chi connectivity index (χ0n) is 25.7. The lowest BCUT2D eigenvalue weighted by molar-refractivity contribution is -0.179. The Morgan fingerprint density at radius 2 is 1.68 bits per heavy atom. The second kappa shape index (κ2) is 15.5. The van der Waals surface area contributed by atoms with Crippen LogP contribution >= 0.6 is 11.8 Å². The van der Waals surface area contributed by atoms with Crippen LogP contribution in [0.2, 0.25) is 0 Å². The molecule has 1 saturated heterocycles. The number of thioether (sulfide) groups is 1. The largest absolute Gasteiger partial charge is 0.528 e. The molecule has 0 N–H and O–H groups in total. The lowest BCUT2D eigenvalue weighted by Gasteiger charge is -2.37. The van der Waals surface area contributed by atoms with Crippen LogP contribution in [0.1, 0.15) is 56.2 Å². The number of hydrogen-bond acceptors (Lipinski definition) is 9. The Hall–Kier alpha value is -3.50. The van der Waals surface area contributed by atoms with E-state index < -0.39 is 11.8 Å². The predicted molar refractivity (Wildman–Crippen MR) is 172 cm³/mol. The maximum atomic E-state index is 12.4. The monoisotopic (exact) mass is 615 g/mol. The van der Waals surface area contributed by atoms with Crippen LogP contribution in [0, 0.1) is 0 Å². The van der Waals surface area contributed by atoms with Crippen LogP contribution in [-0.2, 0) is 32.3 Å². The fraction of sp³-hybridized carbons (Fsp3) is 0.400. The number of fused-ring (bicyclic) bond motifs is 1. The van der Waals surface area contributed by atoms with Crippen LogP contribution in [0.4, 0.5) is 4.79 Å². The molecule has 9 heteroatoms. The van der Waals surface area contributed by atoms with Crippen LogP contribution in [0.3, 0.4) is 0 Å². The molecular weight excluding hydrogens is 574 g/mol. The van der Waals surface area contributed by atoms with Crippen molar-refractivity contribution in [3.8, 4) is 0 Å². The topological polar surface area (TPSA) is 83.0 Å². The van der Waals surface area contributed by atoms with E-state index in [0.29, 0.717) is 32.9 Å². The Morgan fingerprint density at radius 1 is 0.932 bits per heavy atom. The number of carbonyl (C=O) groups is 1. The molecule has 5 rings (SSSR count). The smallest absolute Gasteiger partial charge is 0.427 e. The molecule has 0 amide bonds. The van der Waals surface area contributed by atoms with Crippen molar-refractivity contribution in [3.63, 3.8) is 0 Å². The number of ether oxygens (including phenoxy) is 3. The Morgan fingerprint density at radius 3 is 2.45 bits per heavy atom. The van der Waals surface area contributed by atoms with Crippen molar-refractivity contribution in [1.29, 1.82) is 0 Å². The van der Waals surface area contributed by atoms with Crippen LogP contribution in [0.15, 0.2) is 90.3 Å². The predicted octanol–water partition coefficient (Wildman–Crippen LogP) is 7.57. The van der Waals surface area contributed by atoms with Crippen molar-refractivity contribution in [2.45, 2.75) is 69.6 Å². The number of rotatable bonds is 12. The minimum absolute atomic E-state index is 0.0550. The highest BCUT2D eigenvalue weighted by Gasteiger charge is 2.34. The van der Waals surface area contributed by atoms with Crippen molar-refractivity contribution in [3.05, 3.63) is 102 Å². The van der Waals surface area contributed by atoms with Gasteiger partial charge >= 0.3 is 6.16 Å². The van der Waals surface area contributed by atoms with Gasteiger partial charge in [0.15, 0.2) is 5.16 Å². The summed E-state index contributed by atoms with van der Waals surface area (Å²) in [5, 5.41) is 4.75. The first-order chi connectivity index (χ1) is 21.3. The average molecular weight is 616 g/mol. The van der Waals surface area contributed by atoms with Crippen LogP contribution in [0.25, 0.3) is 10.8 Å². The van der Waals surface area contributed by atoms with Gasteiger partial charge in [0.05, 0.1) is 25.9 Å². The van der Waals surface area contributed by atoms with Gasteiger partial charge in [-0.1, -0.05) is 78.5 Å². The molecule has 4 aromatic rings. The Labute approximate surface area is 264 Å². The molecule has 0 saturated carbocycles. The normalized spacial score (nSPS) is 17.4. The van der Waals surface area contributed by atoms with Crippen molar-refractivity contribution < 1.29 is 23.8 Å². The van der Waals surface area contributed by atoms with Gasteiger partial charge in [-0.05, 0) is 67.1 Å². The van der Waals surface area contributed by atoms with Gasteiger partial charge in [0.1, 0.15) is 5.60 Å². The molecule has 2 unspecified atom stereocenters. The van der Waals surface area contributed by atoms with E-state index in [1.165, 1.54) is 16.3 Å². The SMILES string of the molecule is CC(C)(C)OC(=O)ON1CCC(c2cnc(SCCCOCc3ccccc3)nc2)C(OCc2ccc3ccccc3c2)C1. The average Bonchev–Trinajstić information content (AvgIpc) is 3.01. The van der Waals surface area contributed by atoms with E-state index in [0.717, 1.165) is 34.9 Å². The van der Waals surface area contributed by atoms with Crippen molar-refractivity contribution in [2.24, 2.45) is 0 Å². The van der Waals surface area contributed by atoms with Gasteiger partial charge in [-0.25, -0.2) is 14.8 Å². The molecule has 44 heavy (non-hydrogen) atoms. The maximum Gasteiger partial charge on any atom is 0.528 e. The first-order valence-corrected chi connectivity index (χ1v) is 16.1. The molecule has 2 heterocycles. The number of carbonyl (C=O) groups excluding carboxylic acids is 1. The van der Waals surface area contributed by atoms with Gasteiger partial charge in [0.25, 0.3) is 0 Å². The summed E-state index contributed by atoms with van der Waals surface area (Å²) in [5.74, 6) is 0.936. The van der Waals surface area contributed by atoms with Crippen molar-refractivity contribution in [2.75, 3.05) is 25.4 Å². The van der Waals surface area contributed by atoms with Gasteiger partial charge in [-0.3, -0.25) is 0 Å². The molecular formula is C35H41N3O5S. The van der Waals surface area contributed by atoms with E-state index in [1.54, 1.807) is 16.8 Å². The zero-order valence-corrected chi connectivity index (χ0v) is 26.5. The zero-order chi connectivity index (χ0) is 30.8. The second-order valence-electron chi connectivity index (χ2n) is 11.9. The second-order valence-corrected chi connectivity index (χ2v) is 13.0. The van der Waals surface area contributed by atoms with E-state index in [4.69, 9.17) is 19.0 Å². The molecule has 0 radical (unpaired) electrons. The van der Waals surface area contributed by atoms with E-state index in [-0.39, 0.29) is 12.0 Å². The summed E-state index contributed by atoms with van der Waals surface area (Å²) in [6, 6.07) is 24.8. The number of benzene rings is 3. The maximum absolute atomic E-state index is 12.4. The molecule has 3 aromatic carbocycles. The van der Waals surface area contributed by atoms with Gasteiger partial charge in [0, 0.05) is 37.2 Å². The van der Waals surface area contributed by atoms with E-state index in [9.17, 15) is 4.79 Å². The molecule has 8 nitrogen and oxygen atoms in total. The third kappa shape index (κ3) is 9.75. The van der Waals surface area contributed by atoms with Gasteiger partial charge in [-0.2, -0.15) is 0 Å². The highest BCUT2D eigenvalue weighted by Crippen LogP contribution is 2.32. The lowest BCUT2D eigenvalue weighted by Crippen LogP contribution is -2.45. The van der Waals surface area contributed by atoms with Gasteiger partial charge in [0.2, 0.25) is 0 Å². The molecule has 1 aromatic heterocycles. The molecule has 232 valence electrons. The fourth-order valence-electron chi connectivity index (χ4n) is 5.11. The van der Waals surface area contributed by atoms with Gasteiger partial charge < -0.3 is 19.0 Å². The molecule has 1 fully saturated rings. The highest BCUT2D eigenvalue weighted by molar-refractivity contribution is 7.99. The summed E-state index contributed by atoms with van der Waals surface area (Å²) in [5.41, 5.74) is 2.65. The molecule has 0 spiro atoms. The third-order valence-corrected chi connectivity index (χ3v) is 8.21. The van der Waals surface area contributed by atoms with E-state index >= 15 is 0 Å². The first kappa shape index (κ1) is 31.9. The van der Waals surface area contributed by atoms with E-state index in [2.05, 4.69) is 52.4 Å². The molecule has 2 atom stereocenters. The quantitative estimate of drug-likeness (QED) is 0.0693. The minimum atomic E-state index is -0.709. The standard InChI is InChI=1S/C35H41N3O5S/c1-35(2,3)42-34(39)43-38-17-16-31(32(23-38)41-25-27-14-15-28-12-7-8-13-29(28)20-27)30-21-36-33(37-22-30)44-19-9-18-40-24-26-10-5-4-6-11-26/h4-8,10-15,20-22,31-32H,9,16-19,23-25H2,1-3H3. The van der Waals surface area contributed by atoms with Crippen LogP contribution in [0.5, 0.6) is 0 Å². The lowest BCUT2D eigenvalue weighted by atomic mass is 9.89. The summed E-state index contributed by atoms with van der Waals surface area (Å²) in [6.45, 7) is 8.18. The van der Waals surface area contributed by atoms with Crippen LogP contribution < -0.4 is 0 Å². The number of hydroxylamine groups is 2. The number of hydrogen-bond donors (Lipinski definition) is 0. The molecule has 0 aliphatic carbocycles. The number of nitrogens with zero attached hydrogens (tertiary/aromatic N) is 3. The van der Waals surface area contributed by atoms with E-state index in [1.807, 2.05) is 63.5 Å². The highest BCUT2D eigenvalue weighted by atomic mass is 32.2. The summed E-state index contributed by atoms with van der Waals surface area (Å²) in [7, 11) is 0. The fourth-order valence-corrected chi connectivity index (χ4v) is 5.81. The Balaban J connectivity index is 1.17. The number of aromatic nitrogens is 2. The van der Waals surface area contributed by atoms with Gasteiger partial charge in [-0.15, -0.1) is 5.06 Å². The first-order valence-electron chi connectivity index (χ1n) is 15.1. The minimum Gasteiger partial charge on any atom is -0.427 e. The Bertz CT molecular complexity index is 1480. The number of piperidine rings is 1. The molecule has 1 aliphatic heterocycles. The summed E-state index contributed by atoms with van der Waals surface area (Å²) >= 11 is 1.63. The van der Waals surface area contributed by atoms with Crippen molar-refractivity contribution in [1.82, 2.24) is 15.0 Å². The molecule has 0 bridgehead atoms. The van der Waals surface area contributed by atoms with Crippen molar-refractivity contribution >= 4 is 28.7 Å². The summed E-state index contributed by atoms with van der Waals surface area (Å²) in [6.07, 6.45) is 4.51. The van der Waals surface area contributed by atoms with Crippen LogP contribution in [-0.4, -0.2) is 58.3 Å². The summed E-state index contributed by atoms with van der Waals surface area (Å²) < 4.78 is 17.7. The molecule has 1 aliphatic rings. The summed E-state index contributed by atoms with van der Waals surface area (Å²) in [4.78, 5) is 27.2. The Kier molecular flexibility index (Phi) is 11.2.